The fourth-order valence-corrected chi connectivity index (χ4v) is 3.99. The quantitative estimate of drug-likeness (QED) is 0.149. The van der Waals surface area contributed by atoms with Crippen molar-refractivity contribution in [3.8, 4) is 17.1 Å². The van der Waals surface area contributed by atoms with Crippen LogP contribution < -0.4 is 5.43 Å². The van der Waals surface area contributed by atoms with Crippen LogP contribution in [-0.4, -0.2) is 37.6 Å². The van der Waals surface area contributed by atoms with E-state index in [1.807, 2.05) is 59.2 Å². The summed E-state index contributed by atoms with van der Waals surface area (Å²) in [5.74, 6) is 0.414. The number of nitro benzene ring substituents is 1. The maximum Gasteiger partial charge on any atom is 0.269 e. The van der Waals surface area contributed by atoms with E-state index < -0.39 is 4.92 Å². The summed E-state index contributed by atoms with van der Waals surface area (Å²) in [7, 11) is 0. The van der Waals surface area contributed by atoms with Crippen LogP contribution in [0.5, 0.6) is 0 Å². The van der Waals surface area contributed by atoms with Gasteiger partial charge in [0.15, 0.2) is 11.0 Å². The van der Waals surface area contributed by atoms with Gasteiger partial charge in [-0.1, -0.05) is 58.0 Å². The van der Waals surface area contributed by atoms with Gasteiger partial charge in [-0.05, 0) is 42.0 Å². The van der Waals surface area contributed by atoms with Gasteiger partial charge in [0.05, 0.1) is 16.9 Å². The van der Waals surface area contributed by atoms with E-state index in [1.54, 1.807) is 12.1 Å². The summed E-state index contributed by atoms with van der Waals surface area (Å²) in [6.07, 6.45) is 1.42. The summed E-state index contributed by atoms with van der Waals surface area (Å²) < 4.78 is 2.86. The number of nitro groups is 1. The second-order valence-electron chi connectivity index (χ2n) is 6.91. The van der Waals surface area contributed by atoms with Gasteiger partial charge in [0.2, 0.25) is 0 Å². The van der Waals surface area contributed by atoms with Gasteiger partial charge >= 0.3 is 0 Å². The first-order chi connectivity index (χ1) is 16.5. The predicted octanol–water partition coefficient (Wildman–Crippen LogP) is 4.85. The van der Waals surface area contributed by atoms with Crippen LogP contribution in [0.25, 0.3) is 17.1 Å². The average Bonchev–Trinajstić information content (AvgIpc) is 3.28. The Kier molecular flexibility index (Phi) is 7.45. The lowest BCUT2D eigenvalue weighted by atomic mass is 10.2. The second-order valence-corrected chi connectivity index (χ2v) is 8.77. The third-order valence-electron chi connectivity index (χ3n) is 4.59. The van der Waals surface area contributed by atoms with Gasteiger partial charge in [0.1, 0.15) is 0 Å². The Bertz CT molecular complexity index is 1330. The lowest BCUT2D eigenvalue weighted by Gasteiger charge is -2.10. The van der Waals surface area contributed by atoms with E-state index >= 15 is 0 Å². The van der Waals surface area contributed by atoms with Gasteiger partial charge < -0.3 is 0 Å². The molecule has 9 nitrogen and oxygen atoms in total. The van der Waals surface area contributed by atoms with Gasteiger partial charge in [0.25, 0.3) is 11.6 Å². The number of carbonyl (C=O) groups is 1. The van der Waals surface area contributed by atoms with Crippen LogP contribution in [0.15, 0.2) is 93.6 Å². The molecule has 0 spiro atoms. The monoisotopic (exact) mass is 536 g/mol. The van der Waals surface area contributed by atoms with Gasteiger partial charge in [0, 0.05) is 27.9 Å². The third kappa shape index (κ3) is 5.74. The van der Waals surface area contributed by atoms with Crippen LogP contribution in [0.4, 0.5) is 5.69 Å². The van der Waals surface area contributed by atoms with E-state index in [9.17, 15) is 14.9 Å². The maximum absolute atomic E-state index is 12.3. The van der Waals surface area contributed by atoms with Crippen molar-refractivity contribution in [3.05, 3.63) is 99.0 Å². The highest BCUT2D eigenvalue weighted by Crippen LogP contribution is 2.28. The van der Waals surface area contributed by atoms with Crippen molar-refractivity contribution < 1.29 is 9.72 Å². The zero-order valence-corrected chi connectivity index (χ0v) is 19.9. The summed E-state index contributed by atoms with van der Waals surface area (Å²) >= 11 is 4.68. The first-order valence-corrected chi connectivity index (χ1v) is 11.7. The number of amides is 1. The molecule has 0 aliphatic rings. The lowest BCUT2D eigenvalue weighted by Crippen LogP contribution is -2.20. The highest BCUT2D eigenvalue weighted by molar-refractivity contribution is 9.10. The van der Waals surface area contributed by atoms with Crippen molar-refractivity contribution in [2.24, 2.45) is 5.10 Å². The van der Waals surface area contributed by atoms with Crippen LogP contribution in [0.3, 0.4) is 0 Å². The van der Waals surface area contributed by atoms with Crippen molar-refractivity contribution in [3.63, 3.8) is 0 Å². The molecule has 0 saturated carbocycles. The van der Waals surface area contributed by atoms with Gasteiger partial charge in [-0.25, -0.2) is 5.43 Å². The van der Waals surface area contributed by atoms with Gasteiger partial charge in [-0.2, -0.15) is 5.10 Å². The molecule has 0 bridgehead atoms. The topological polar surface area (TPSA) is 115 Å². The number of nitrogens with zero attached hydrogens (tertiary/aromatic N) is 5. The summed E-state index contributed by atoms with van der Waals surface area (Å²) in [4.78, 5) is 22.6. The number of hydrogen-bond acceptors (Lipinski definition) is 7. The molecule has 0 unspecified atom stereocenters. The van der Waals surface area contributed by atoms with Crippen LogP contribution in [0, 0.1) is 10.1 Å². The minimum absolute atomic E-state index is 0.0115. The Morgan fingerprint density at radius 1 is 1.06 bits per heavy atom. The summed E-state index contributed by atoms with van der Waals surface area (Å²) in [5.41, 5.74) is 4.84. The number of carbonyl (C=O) groups excluding carboxylic acids is 1. The number of aromatic nitrogens is 3. The molecule has 0 radical (unpaired) electrons. The number of halogens is 1. The zero-order chi connectivity index (χ0) is 23.9. The third-order valence-corrected chi connectivity index (χ3v) is 6.05. The number of hydrogen-bond donors (Lipinski definition) is 1. The first kappa shape index (κ1) is 23.3. The van der Waals surface area contributed by atoms with E-state index in [0.717, 1.165) is 15.7 Å². The van der Waals surface area contributed by atoms with Gasteiger partial charge in [-0.15, -0.1) is 10.2 Å². The highest BCUT2D eigenvalue weighted by atomic mass is 79.9. The normalized spacial score (nSPS) is 11.0. The minimum atomic E-state index is -0.476. The van der Waals surface area contributed by atoms with Crippen LogP contribution in [-0.2, 0) is 4.79 Å². The second kappa shape index (κ2) is 10.9. The molecule has 0 aliphatic carbocycles. The molecular weight excluding hydrogens is 520 g/mol. The van der Waals surface area contributed by atoms with E-state index in [1.165, 1.54) is 30.1 Å². The largest absolute Gasteiger partial charge is 0.272 e. The van der Waals surface area contributed by atoms with Crippen molar-refractivity contribution in [1.82, 2.24) is 20.2 Å². The molecule has 0 saturated heterocycles. The number of hydrazone groups is 1. The Labute approximate surface area is 207 Å². The van der Waals surface area contributed by atoms with E-state index in [0.29, 0.717) is 16.5 Å². The Balaban J connectivity index is 1.45. The zero-order valence-electron chi connectivity index (χ0n) is 17.5. The van der Waals surface area contributed by atoms with Crippen molar-refractivity contribution in [2.45, 2.75) is 5.16 Å². The van der Waals surface area contributed by atoms with Crippen molar-refractivity contribution in [1.29, 1.82) is 0 Å². The highest BCUT2D eigenvalue weighted by Gasteiger charge is 2.17. The number of thioether (sulfide) groups is 1. The molecule has 11 heteroatoms. The molecule has 0 atom stereocenters. The molecule has 170 valence electrons. The Morgan fingerprint density at radius 2 is 1.76 bits per heavy atom. The number of non-ortho nitro benzene ring substituents is 1. The van der Waals surface area contributed by atoms with Crippen LogP contribution in [0.2, 0.25) is 0 Å². The number of benzene rings is 3. The van der Waals surface area contributed by atoms with Crippen LogP contribution in [0.1, 0.15) is 5.56 Å². The molecule has 1 heterocycles. The van der Waals surface area contributed by atoms with Crippen molar-refractivity contribution >= 4 is 45.5 Å². The maximum atomic E-state index is 12.3. The smallest absolute Gasteiger partial charge is 0.269 e. The molecule has 1 amide bonds. The summed E-state index contributed by atoms with van der Waals surface area (Å²) in [6.45, 7) is 0. The number of para-hydroxylation sites is 1. The summed E-state index contributed by atoms with van der Waals surface area (Å²) in [5, 5.41) is 23.9. The molecule has 0 aliphatic heterocycles. The van der Waals surface area contributed by atoms with E-state index in [4.69, 9.17) is 0 Å². The predicted molar refractivity (Wildman–Crippen MR) is 134 cm³/mol. The molecule has 34 heavy (non-hydrogen) atoms. The molecule has 3 aromatic carbocycles. The molecule has 0 fully saturated rings. The molecular formula is C23H17BrN6O3S. The number of nitrogens with one attached hydrogen (secondary N) is 1. The molecule has 4 rings (SSSR count). The first-order valence-electron chi connectivity index (χ1n) is 9.97. The number of rotatable bonds is 8. The van der Waals surface area contributed by atoms with Crippen LogP contribution >= 0.6 is 27.7 Å². The SMILES string of the molecule is O=C(CSc1nnc(-c2ccc(Br)cc2)n1-c1ccccc1)NN=Cc1ccc([N+](=O)[O-])cc1. The Hall–Kier alpha value is -3.83. The van der Waals surface area contributed by atoms with Gasteiger partial charge in [-0.3, -0.25) is 19.5 Å². The lowest BCUT2D eigenvalue weighted by molar-refractivity contribution is -0.384. The molecule has 1 aromatic heterocycles. The fourth-order valence-electron chi connectivity index (χ4n) is 2.98. The minimum Gasteiger partial charge on any atom is -0.272 e. The van der Waals surface area contributed by atoms with Crippen molar-refractivity contribution in [2.75, 3.05) is 5.75 Å². The molecule has 4 aromatic rings. The standard InChI is InChI=1S/C23H17BrN6O3S/c24-18-10-8-17(9-11-18)22-27-28-23(29(22)19-4-2-1-3-5-19)34-15-21(31)26-25-14-16-6-12-20(13-7-16)30(32)33/h1-14H,15H2,(H,26,31). The average molecular weight is 537 g/mol. The Morgan fingerprint density at radius 3 is 2.44 bits per heavy atom. The fraction of sp³-hybridized carbons (Fsp3) is 0.0435. The summed E-state index contributed by atoms with van der Waals surface area (Å²) in [6, 6.07) is 23.3. The molecule has 1 N–H and O–H groups in total. The van der Waals surface area contributed by atoms with E-state index in [2.05, 4.69) is 36.7 Å². The van der Waals surface area contributed by atoms with E-state index in [-0.39, 0.29) is 17.3 Å².